The lowest BCUT2D eigenvalue weighted by Gasteiger charge is -2.02. The maximum atomic E-state index is 10.7. The quantitative estimate of drug-likeness (QED) is 0.847. The summed E-state index contributed by atoms with van der Waals surface area (Å²) in [6.07, 6.45) is 0. The van der Waals surface area contributed by atoms with Crippen LogP contribution in [0.3, 0.4) is 0 Å². The van der Waals surface area contributed by atoms with Gasteiger partial charge in [0.25, 0.3) is 0 Å². The SMILES string of the molecule is Cc1cc(C#N)n(-c2ccc(C(=O)O)cc2)n1. The monoisotopic (exact) mass is 227 g/mol. The lowest BCUT2D eigenvalue weighted by Crippen LogP contribution is -2.01. The normalized spacial score (nSPS) is 9.88. The summed E-state index contributed by atoms with van der Waals surface area (Å²) in [5.41, 5.74) is 2.03. The molecule has 0 unspecified atom stereocenters. The molecule has 5 nitrogen and oxygen atoms in total. The van der Waals surface area contributed by atoms with Gasteiger partial charge in [0.05, 0.1) is 16.9 Å². The Labute approximate surface area is 97.5 Å². The minimum atomic E-state index is -0.978. The van der Waals surface area contributed by atoms with Crippen LogP contribution in [-0.4, -0.2) is 20.9 Å². The number of carboxylic acids is 1. The van der Waals surface area contributed by atoms with E-state index in [4.69, 9.17) is 10.4 Å². The summed E-state index contributed by atoms with van der Waals surface area (Å²) in [5.74, 6) is -0.978. The van der Waals surface area contributed by atoms with E-state index in [0.29, 0.717) is 11.4 Å². The van der Waals surface area contributed by atoms with E-state index in [1.54, 1.807) is 25.1 Å². The molecule has 0 aliphatic heterocycles. The molecule has 5 heteroatoms. The zero-order valence-corrected chi connectivity index (χ0v) is 9.08. The minimum Gasteiger partial charge on any atom is -0.478 e. The van der Waals surface area contributed by atoms with Crippen LogP contribution < -0.4 is 0 Å². The van der Waals surface area contributed by atoms with Gasteiger partial charge in [-0.15, -0.1) is 0 Å². The number of hydrogen-bond donors (Lipinski definition) is 1. The Bertz CT molecular complexity index is 606. The number of aromatic carboxylic acids is 1. The maximum absolute atomic E-state index is 10.7. The van der Waals surface area contributed by atoms with E-state index in [-0.39, 0.29) is 5.56 Å². The Morgan fingerprint density at radius 2 is 2.06 bits per heavy atom. The predicted molar refractivity (Wildman–Crippen MR) is 60.0 cm³/mol. The molecule has 84 valence electrons. The van der Waals surface area contributed by atoms with Crippen molar-refractivity contribution in [2.75, 3.05) is 0 Å². The molecule has 1 N–H and O–H groups in total. The van der Waals surface area contributed by atoms with Crippen LogP contribution in [0, 0.1) is 18.3 Å². The van der Waals surface area contributed by atoms with Gasteiger partial charge in [-0.25, -0.2) is 9.48 Å². The molecule has 0 fully saturated rings. The number of nitrogens with zero attached hydrogens (tertiary/aromatic N) is 3. The fourth-order valence-corrected chi connectivity index (χ4v) is 1.52. The second kappa shape index (κ2) is 4.10. The van der Waals surface area contributed by atoms with Crippen molar-refractivity contribution in [2.24, 2.45) is 0 Å². The van der Waals surface area contributed by atoms with Crippen molar-refractivity contribution in [3.63, 3.8) is 0 Å². The molecule has 1 aromatic carbocycles. The van der Waals surface area contributed by atoms with Crippen LogP contribution in [0.2, 0.25) is 0 Å². The van der Waals surface area contributed by atoms with Crippen molar-refractivity contribution < 1.29 is 9.90 Å². The molecule has 0 amide bonds. The molecule has 2 aromatic rings. The number of hydrogen-bond acceptors (Lipinski definition) is 3. The second-order valence-electron chi connectivity index (χ2n) is 3.55. The van der Waals surface area contributed by atoms with Crippen LogP contribution >= 0.6 is 0 Å². The number of aromatic nitrogens is 2. The summed E-state index contributed by atoms with van der Waals surface area (Å²) < 4.78 is 1.49. The van der Waals surface area contributed by atoms with Gasteiger partial charge in [-0.3, -0.25) is 0 Å². The van der Waals surface area contributed by atoms with Crippen LogP contribution in [0.1, 0.15) is 21.7 Å². The molecule has 0 saturated carbocycles. The van der Waals surface area contributed by atoms with Crippen LogP contribution in [0.5, 0.6) is 0 Å². The molecule has 0 spiro atoms. The molecule has 0 aliphatic carbocycles. The molecule has 0 radical (unpaired) electrons. The molecule has 0 bridgehead atoms. The first kappa shape index (κ1) is 10.9. The molecule has 17 heavy (non-hydrogen) atoms. The van der Waals surface area contributed by atoms with Gasteiger partial charge >= 0.3 is 5.97 Å². The van der Waals surface area contributed by atoms with Gasteiger partial charge in [0, 0.05) is 0 Å². The highest BCUT2D eigenvalue weighted by atomic mass is 16.4. The number of rotatable bonds is 2. The molecule has 0 atom stereocenters. The first-order valence-electron chi connectivity index (χ1n) is 4.92. The molecule has 0 saturated heterocycles. The molecule has 1 aromatic heterocycles. The van der Waals surface area contributed by atoms with Crippen molar-refractivity contribution in [3.8, 4) is 11.8 Å². The minimum absolute atomic E-state index is 0.205. The summed E-state index contributed by atoms with van der Waals surface area (Å²) in [6, 6.07) is 9.92. The van der Waals surface area contributed by atoms with E-state index in [2.05, 4.69) is 5.10 Å². The average Bonchev–Trinajstić information content (AvgIpc) is 2.70. The number of aryl methyl sites for hydroxylation is 1. The van der Waals surface area contributed by atoms with Crippen molar-refractivity contribution in [3.05, 3.63) is 47.3 Å². The standard InChI is InChI=1S/C12H9N3O2/c1-8-6-11(7-13)15(14-8)10-4-2-9(3-5-10)12(16)17/h2-6H,1H3,(H,16,17). The molecule has 1 heterocycles. The van der Waals surface area contributed by atoms with Gasteiger partial charge in [0.15, 0.2) is 0 Å². The van der Waals surface area contributed by atoms with Crippen LogP contribution in [0.15, 0.2) is 30.3 Å². The van der Waals surface area contributed by atoms with Crippen molar-refractivity contribution in [1.29, 1.82) is 5.26 Å². The van der Waals surface area contributed by atoms with E-state index < -0.39 is 5.97 Å². The number of nitriles is 1. The molecular weight excluding hydrogens is 218 g/mol. The lowest BCUT2D eigenvalue weighted by molar-refractivity contribution is 0.0697. The van der Waals surface area contributed by atoms with Crippen molar-refractivity contribution in [1.82, 2.24) is 9.78 Å². The zero-order valence-electron chi connectivity index (χ0n) is 9.08. The Kier molecular flexibility index (Phi) is 2.63. The van der Waals surface area contributed by atoms with E-state index in [1.165, 1.54) is 16.8 Å². The topological polar surface area (TPSA) is 78.9 Å². The fourth-order valence-electron chi connectivity index (χ4n) is 1.52. The predicted octanol–water partition coefficient (Wildman–Crippen LogP) is 1.75. The summed E-state index contributed by atoms with van der Waals surface area (Å²) in [4.78, 5) is 10.7. The number of carbonyl (C=O) groups is 1. The van der Waals surface area contributed by atoms with Gasteiger partial charge in [0.2, 0.25) is 0 Å². The summed E-state index contributed by atoms with van der Waals surface area (Å²) in [6.45, 7) is 1.79. The Balaban J connectivity index is 2.47. The van der Waals surface area contributed by atoms with Gasteiger partial charge in [-0.1, -0.05) is 0 Å². The third-order valence-corrected chi connectivity index (χ3v) is 2.30. The first-order chi connectivity index (χ1) is 8.11. The van der Waals surface area contributed by atoms with Gasteiger partial charge in [-0.2, -0.15) is 10.4 Å². The molecule has 0 aliphatic rings. The highest BCUT2D eigenvalue weighted by Gasteiger charge is 2.08. The van der Waals surface area contributed by atoms with Crippen LogP contribution in [-0.2, 0) is 0 Å². The Morgan fingerprint density at radius 1 is 1.41 bits per heavy atom. The smallest absolute Gasteiger partial charge is 0.335 e. The lowest BCUT2D eigenvalue weighted by atomic mass is 10.2. The Morgan fingerprint density at radius 3 is 2.59 bits per heavy atom. The summed E-state index contributed by atoms with van der Waals surface area (Å²) in [5, 5.41) is 21.9. The summed E-state index contributed by atoms with van der Waals surface area (Å²) in [7, 11) is 0. The fraction of sp³-hybridized carbons (Fsp3) is 0.0833. The number of benzene rings is 1. The van der Waals surface area contributed by atoms with Crippen molar-refractivity contribution >= 4 is 5.97 Å². The highest BCUT2D eigenvalue weighted by Crippen LogP contribution is 2.13. The first-order valence-corrected chi connectivity index (χ1v) is 4.92. The third-order valence-electron chi connectivity index (χ3n) is 2.30. The largest absolute Gasteiger partial charge is 0.478 e. The zero-order chi connectivity index (χ0) is 12.4. The summed E-state index contributed by atoms with van der Waals surface area (Å²) >= 11 is 0. The average molecular weight is 227 g/mol. The van der Waals surface area contributed by atoms with E-state index in [0.717, 1.165) is 5.69 Å². The van der Waals surface area contributed by atoms with Crippen molar-refractivity contribution in [2.45, 2.75) is 6.92 Å². The highest BCUT2D eigenvalue weighted by molar-refractivity contribution is 5.87. The van der Waals surface area contributed by atoms with Gasteiger partial charge < -0.3 is 5.11 Å². The third kappa shape index (κ3) is 2.01. The van der Waals surface area contributed by atoms with Gasteiger partial charge in [0.1, 0.15) is 11.8 Å². The van der Waals surface area contributed by atoms with Crippen LogP contribution in [0.4, 0.5) is 0 Å². The second-order valence-corrected chi connectivity index (χ2v) is 3.55. The number of carboxylic acid groups (broad SMARTS) is 1. The van der Waals surface area contributed by atoms with E-state index in [9.17, 15) is 4.79 Å². The van der Waals surface area contributed by atoms with Gasteiger partial charge in [-0.05, 0) is 37.3 Å². The maximum Gasteiger partial charge on any atom is 0.335 e. The van der Waals surface area contributed by atoms with E-state index in [1.807, 2.05) is 6.07 Å². The molecule has 2 rings (SSSR count). The molecular formula is C12H9N3O2. The van der Waals surface area contributed by atoms with E-state index >= 15 is 0 Å². The van der Waals surface area contributed by atoms with Crippen LogP contribution in [0.25, 0.3) is 5.69 Å². The Hall–Kier alpha value is -2.61.